The Labute approximate surface area is 125 Å². The first-order chi connectivity index (χ1) is 10.6. The van der Waals surface area contributed by atoms with Gasteiger partial charge in [0.15, 0.2) is 0 Å². The molecule has 0 unspecified atom stereocenters. The number of rotatable bonds is 3. The monoisotopic (exact) mass is 308 g/mol. The molecule has 0 atom stereocenters. The Morgan fingerprint density at radius 2 is 2.14 bits per heavy atom. The molecule has 0 aliphatic carbocycles. The number of hydrogen-bond acceptors (Lipinski definition) is 4. The smallest absolute Gasteiger partial charge is 0.345 e. The summed E-state index contributed by atoms with van der Waals surface area (Å²) in [6.45, 7) is 2.72. The number of hydrogen-bond donors (Lipinski definition) is 0. The van der Waals surface area contributed by atoms with Gasteiger partial charge in [-0.3, -0.25) is 0 Å². The summed E-state index contributed by atoms with van der Waals surface area (Å²) in [5.74, 6) is -2.09. The molecule has 1 aliphatic rings. The van der Waals surface area contributed by atoms with Gasteiger partial charge in [-0.2, -0.15) is 5.10 Å². The third-order valence-corrected chi connectivity index (χ3v) is 3.34. The maximum atomic E-state index is 14.0. The lowest BCUT2D eigenvalue weighted by Gasteiger charge is -2.15. The van der Waals surface area contributed by atoms with E-state index >= 15 is 0 Å². The van der Waals surface area contributed by atoms with E-state index in [0.29, 0.717) is 19.6 Å². The first-order valence-corrected chi connectivity index (χ1v) is 6.98. The Morgan fingerprint density at radius 1 is 1.41 bits per heavy atom. The van der Waals surface area contributed by atoms with Gasteiger partial charge in [0.05, 0.1) is 18.8 Å². The van der Waals surface area contributed by atoms with Crippen LogP contribution in [-0.4, -0.2) is 29.0 Å². The van der Waals surface area contributed by atoms with Crippen molar-refractivity contribution in [3.05, 3.63) is 35.4 Å². The van der Waals surface area contributed by atoms with Crippen LogP contribution in [0.15, 0.2) is 18.2 Å². The highest BCUT2D eigenvalue weighted by molar-refractivity contribution is 5.99. The second-order valence-electron chi connectivity index (χ2n) is 4.77. The molecule has 7 heteroatoms. The fourth-order valence-corrected chi connectivity index (χ4v) is 2.41. The van der Waals surface area contributed by atoms with E-state index in [-0.39, 0.29) is 29.3 Å². The number of aromatic nitrogens is 2. The molecule has 5 nitrogen and oxygen atoms in total. The van der Waals surface area contributed by atoms with E-state index in [2.05, 4.69) is 5.10 Å². The summed E-state index contributed by atoms with van der Waals surface area (Å²) in [6.07, 6.45) is 0.705. The molecule has 3 rings (SSSR count). The minimum atomic E-state index is -0.791. The Balaban J connectivity index is 2.23. The second-order valence-corrected chi connectivity index (χ2v) is 4.77. The van der Waals surface area contributed by atoms with E-state index in [1.807, 2.05) is 0 Å². The molecular formula is C15H14F2N2O3. The van der Waals surface area contributed by atoms with Crippen LogP contribution in [0.1, 0.15) is 23.7 Å². The lowest BCUT2D eigenvalue weighted by molar-refractivity contribution is 0.0520. The summed E-state index contributed by atoms with van der Waals surface area (Å²) in [6, 6.07) is 3.49. The Bertz CT molecular complexity index is 708. The van der Waals surface area contributed by atoms with Gasteiger partial charge >= 0.3 is 5.97 Å². The summed E-state index contributed by atoms with van der Waals surface area (Å²) in [4.78, 5) is 12.2. The number of esters is 1. The van der Waals surface area contributed by atoms with E-state index in [1.54, 1.807) is 6.92 Å². The molecule has 116 valence electrons. The lowest BCUT2D eigenvalue weighted by Crippen LogP contribution is -2.16. The summed E-state index contributed by atoms with van der Waals surface area (Å²) in [5.41, 5.74) is -0.479. The first kappa shape index (κ1) is 14.5. The van der Waals surface area contributed by atoms with Crippen LogP contribution < -0.4 is 4.74 Å². The zero-order valence-electron chi connectivity index (χ0n) is 11.9. The van der Waals surface area contributed by atoms with Gasteiger partial charge in [0.2, 0.25) is 5.88 Å². The molecule has 0 bridgehead atoms. The standard InChI is InChI=1S/C15H14F2N2O3/c1-2-21-15(20)12-13(11-9(16)5-3-6-10(11)17)18-19-7-4-8-22-14(12)19/h3,5-6H,2,4,7-8H2,1H3. The molecule has 0 saturated carbocycles. The number of carbonyl (C=O) groups excluding carboxylic acids is 1. The minimum Gasteiger partial charge on any atom is -0.477 e. The number of benzene rings is 1. The van der Waals surface area contributed by atoms with Crippen molar-refractivity contribution < 1.29 is 23.0 Å². The van der Waals surface area contributed by atoms with Gasteiger partial charge in [0.1, 0.15) is 22.9 Å². The molecule has 0 saturated heterocycles. The first-order valence-electron chi connectivity index (χ1n) is 6.98. The Kier molecular flexibility index (Phi) is 3.79. The fourth-order valence-electron chi connectivity index (χ4n) is 2.41. The van der Waals surface area contributed by atoms with Crippen LogP contribution in [0.5, 0.6) is 5.88 Å². The predicted molar refractivity (Wildman–Crippen MR) is 73.6 cm³/mol. The molecule has 22 heavy (non-hydrogen) atoms. The van der Waals surface area contributed by atoms with Crippen LogP contribution in [0.4, 0.5) is 8.78 Å². The summed E-state index contributed by atoms with van der Waals surface area (Å²) >= 11 is 0. The van der Waals surface area contributed by atoms with E-state index in [1.165, 1.54) is 10.7 Å². The maximum absolute atomic E-state index is 14.0. The van der Waals surface area contributed by atoms with Crippen molar-refractivity contribution in [2.75, 3.05) is 13.2 Å². The van der Waals surface area contributed by atoms with Crippen LogP contribution >= 0.6 is 0 Å². The molecule has 2 aromatic rings. The van der Waals surface area contributed by atoms with Gasteiger partial charge in [0.25, 0.3) is 0 Å². The number of halogens is 2. The molecule has 2 heterocycles. The number of nitrogens with zero attached hydrogens (tertiary/aromatic N) is 2. The third kappa shape index (κ3) is 2.32. The molecular weight excluding hydrogens is 294 g/mol. The van der Waals surface area contributed by atoms with Crippen LogP contribution in [-0.2, 0) is 11.3 Å². The third-order valence-electron chi connectivity index (χ3n) is 3.34. The van der Waals surface area contributed by atoms with E-state index in [0.717, 1.165) is 12.1 Å². The summed E-state index contributed by atoms with van der Waals surface area (Å²) < 4.78 is 40.0. The minimum absolute atomic E-state index is 0.0365. The van der Waals surface area contributed by atoms with E-state index in [9.17, 15) is 13.6 Å². The molecule has 1 aromatic heterocycles. The van der Waals surface area contributed by atoms with Crippen molar-refractivity contribution >= 4 is 5.97 Å². The van der Waals surface area contributed by atoms with Crippen LogP contribution in [0.3, 0.4) is 0 Å². The highest BCUT2D eigenvalue weighted by Crippen LogP contribution is 2.35. The average molecular weight is 308 g/mol. The number of aryl methyl sites for hydroxylation is 1. The zero-order chi connectivity index (χ0) is 15.7. The molecule has 0 radical (unpaired) electrons. The molecule has 0 amide bonds. The van der Waals surface area contributed by atoms with Crippen LogP contribution in [0.25, 0.3) is 11.3 Å². The van der Waals surface area contributed by atoms with Gasteiger partial charge in [-0.05, 0) is 19.1 Å². The molecule has 0 spiro atoms. The van der Waals surface area contributed by atoms with Gasteiger partial charge in [0, 0.05) is 13.0 Å². The van der Waals surface area contributed by atoms with Crippen molar-refractivity contribution in [3.63, 3.8) is 0 Å². The van der Waals surface area contributed by atoms with Crippen molar-refractivity contribution in [1.82, 2.24) is 9.78 Å². The summed E-state index contributed by atoms with van der Waals surface area (Å²) in [5, 5.41) is 4.16. The van der Waals surface area contributed by atoms with Crippen LogP contribution in [0.2, 0.25) is 0 Å². The molecule has 0 N–H and O–H groups in total. The largest absolute Gasteiger partial charge is 0.477 e. The highest BCUT2D eigenvalue weighted by Gasteiger charge is 2.31. The van der Waals surface area contributed by atoms with Crippen molar-refractivity contribution in [2.45, 2.75) is 19.9 Å². The topological polar surface area (TPSA) is 53.3 Å². The average Bonchev–Trinajstić information content (AvgIpc) is 2.86. The van der Waals surface area contributed by atoms with Gasteiger partial charge in [-0.1, -0.05) is 6.07 Å². The van der Waals surface area contributed by atoms with Crippen molar-refractivity contribution in [1.29, 1.82) is 0 Å². The fraction of sp³-hybridized carbons (Fsp3) is 0.333. The van der Waals surface area contributed by atoms with Crippen molar-refractivity contribution in [3.8, 4) is 17.1 Å². The molecule has 0 fully saturated rings. The number of ether oxygens (including phenoxy) is 2. The second kappa shape index (κ2) is 5.75. The Hall–Kier alpha value is -2.44. The van der Waals surface area contributed by atoms with Gasteiger partial charge < -0.3 is 9.47 Å². The Morgan fingerprint density at radius 3 is 2.82 bits per heavy atom. The predicted octanol–water partition coefficient (Wildman–Crippen LogP) is 2.79. The molecule has 1 aliphatic heterocycles. The van der Waals surface area contributed by atoms with E-state index < -0.39 is 17.6 Å². The SMILES string of the molecule is CCOC(=O)c1c(-c2c(F)cccc2F)nn2c1OCCC2. The normalized spacial score (nSPS) is 13.4. The lowest BCUT2D eigenvalue weighted by atomic mass is 10.1. The zero-order valence-corrected chi connectivity index (χ0v) is 11.9. The van der Waals surface area contributed by atoms with Crippen LogP contribution in [0, 0.1) is 11.6 Å². The molecule has 1 aromatic carbocycles. The van der Waals surface area contributed by atoms with E-state index in [4.69, 9.17) is 9.47 Å². The van der Waals surface area contributed by atoms with Gasteiger partial charge in [-0.25, -0.2) is 18.3 Å². The summed E-state index contributed by atoms with van der Waals surface area (Å²) in [7, 11) is 0. The quantitative estimate of drug-likeness (QED) is 0.818. The van der Waals surface area contributed by atoms with Gasteiger partial charge in [-0.15, -0.1) is 0 Å². The maximum Gasteiger partial charge on any atom is 0.345 e. The number of carbonyl (C=O) groups is 1. The number of fused-ring (bicyclic) bond motifs is 1. The van der Waals surface area contributed by atoms with Crippen molar-refractivity contribution in [2.24, 2.45) is 0 Å². The highest BCUT2D eigenvalue weighted by atomic mass is 19.1.